The van der Waals surface area contributed by atoms with E-state index in [2.05, 4.69) is 25.4 Å². The third-order valence-electron chi connectivity index (χ3n) is 2.67. The summed E-state index contributed by atoms with van der Waals surface area (Å²) in [5.41, 5.74) is 2.56. The Bertz CT molecular complexity index is 665. The number of nitrogens with one attached hydrogen (secondary N) is 2. The van der Waals surface area contributed by atoms with Crippen LogP contribution in [0.15, 0.2) is 24.4 Å². The highest BCUT2D eigenvalue weighted by Gasteiger charge is 2.09. The molecular formula is C11H12N6. The number of rotatable bonds is 2. The number of aromatic amines is 1. The molecular weight excluding hydrogens is 216 g/mol. The molecule has 0 spiro atoms. The molecule has 86 valence electrons. The first-order valence-electron chi connectivity index (χ1n) is 5.31. The highest BCUT2D eigenvalue weighted by atomic mass is 15.3. The van der Waals surface area contributed by atoms with Crippen LogP contribution < -0.4 is 5.32 Å². The lowest BCUT2D eigenvalue weighted by Gasteiger charge is -1.95. The van der Waals surface area contributed by atoms with Gasteiger partial charge in [0.15, 0.2) is 11.5 Å². The maximum atomic E-state index is 4.46. The van der Waals surface area contributed by atoms with Crippen LogP contribution in [0.3, 0.4) is 0 Å². The second-order valence-corrected chi connectivity index (χ2v) is 3.74. The van der Waals surface area contributed by atoms with E-state index >= 15 is 0 Å². The molecule has 0 aliphatic heterocycles. The minimum atomic E-state index is 0.702. The molecule has 2 N–H and O–H groups in total. The highest BCUT2D eigenvalue weighted by molar-refractivity contribution is 5.76. The fourth-order valence-corrected chi connectivity index (χ4v) is 1.76. The van der Waals surface area contributed by atoms with Gasteiger partial charge < -0.3 is 10.3 Å². The summed E-state index contributed by atoms with van der Waals surface area (Å²) in [6.45, 7) is 0. The highest BCUT2D eigenvalue weighted by Crippen LogP contribution is 2.19. The molecule has 3 aromatic heterocycles. The molecule has 0 saturated carbocycles. The predicted molar refractivity (Wildman–Crippen MR) is 65.6 cm³/mol. The summed E-state index contributed by atoms with van der Waals surface area (Å²) in [5, 5.41) is 7.11. The number of hydrogen-bond donors (Lipinski definition) is 2. The van der Waals surface area contributed by atoms with E-state index in [0.29, 0.717) is 5.65 Å². The second-order valence-electron chi connectivity index (χ2n) is 3.74. The van der Waals surface area contributed by atoms with Crippen molar-refractivity contribution in [1.82, 2.24) is 24.7 Å². The van der Waals surface area contributed by atoms with Crippen molar-refractivity contribution in [3.8, 4) is 11.5 Å². The van der Waals surface area contributed by atoms with E-state index in [-0.39, 0.29) is 0 Å². The second kappa shape index (κ2) is 3.58. The predicted octanol–water partition coefficient (Wildman–Crippen LogP) is 1.40. The van der Waals surface area contributed by atoms with Gasteiger partial charge >= 0.3 is 0 Å². The summed E-state index contributed by atoms with van der Waals surface area (Å²) in [6.07, 6.45) is 1.75. The van der Waals surface area contributed by atoms with Crippen molar-refractivity contribution in [3.63, 3.8) is 0 Å². The molecule has 3 rings (SSSR count). The minimum Gasteiger partial charge on any atom is -0.373 e. The van der Waals surface area contributed by atoms with Gasteiger partial charge in [-0.25, -0.2) is 9.97 Å². The van der Waals surface area contributed by atoms with Crippen LogP contribution in [0, 0.1) is 0 Å². The zero-order valence-electron chi connectivity index (χ0n) is 9.60. The monoisotopic (exact) mass is 228 g/mol. The van der Waals surface area contributed by atoms with Crippen LogP contribution in [-0.4, -0.2) is 31.8 Å². The number of H-pyrrole nitrogens is 1. The summed E-state index contributed by atoms with van der Waals surface area (Å²) < 4.78 is 1.77. The van der Waals surface area contributed by atoms with Gasteiger partial charge in [-0.2, -0.15) is 5.10 Å². The number of pyridine rings is 1. The smallest absolute Gasteiger partial charge is 0.180 e. The Kier molecular flexibility index (Phi) is 2.07. The van der Waals surface area contributed by atoms with E-state index in [4.69, 9.17) is 0 Å². The van der Waals surface area contributed by atoms with E-state index in [1.807, 2.05) is 32.3 Å². The molecule has 0 unspecified atom stereocenters. The van der Waals surface area contributed by atoms with Crippen LogP contribution in [0.5, 0.6) is 0 Å². The molecule has 0 aliphatic carbocycles. The number of anilines is 1. The van der Waals surface area contributed by atoms with Crippen LogP contribution in [0.4, 0.5) is 5.82 Å². The summed E-state index contributed by atoms with van der Waals surface area (Å²) in [4.78, 5) is 12.1. The van der Waals surface area contributed by atoms with Gasteiger partial charge in [-0.1, -0.05) is 0 Å². The molecule has 3 heterocycles. The van der Waals surface area contributed by atoms with E-state index in [1.165, 1.54) is 0 Å². The molecule has 0 saturated heterocycles. The summed E-state index contributed by atoms with van der Waals surface area (Å²) in [5.74, 6) is 1.58. The van der Waals surface area contributed by atoms with E-state index < -0.39 is 0 Å². The molecule has 0 radical (unpaired) electrons. The quantitative estimate of drug-likeness (QED) is 0.695. The SMILES string of the molecule is CNc1ccc2[nH]c(-c3ccnn3C)nc2n1. The molecule has 3 aromatic rings. The molecule has 0 aromatic carbocycles. The average molecular weight is 228 g/mol. The maximum absolute atomic E-state index is 4.46. The Labute approximate surface area is 97.7 Å². The Morgan fingerprint density at radius 3 is 2.82 bits per heavy atom. The fraction of sp³-hybridized carbons (Fsp3) is 0.182. The summed E-state index contributed by atoms with van der Waals surface area (Å²) in [7, 11) is 3.72. The molecule has 6 nitrogen and oxygen atoms in total. The first-order valence-corrected chi connectivity index (χ1v) is 5.31. The van der Waals surface area contributed by atoms with Crippen molar-refractivity contribution >= 4 is 17.0 Å². The van der Waals surface area contributed by atoms with Gasteiger partial charge in [-0.3, -0.25) is 4.68 Å². The van der Waals surface area contributed by atoms with Gasteiger partial charge in [0.1, 0.15) is 11.5 Å². The lowest BCUT2D eigenvalue weighted by molar-refractivity contribution is 0.771. The Morgan fingerprint density at radius 2 is 2.12 bits per heavy atom. The van der Waals surface area contributed by atoms with Crippen LogP contribution >= 0.6 is 0 Å². The standard InChI is InChI=1S/C11H12N6/c1-12-9-4-3-7-10(15-9)16-11(14-7)8-5-6-13-17(8)2/h3-6H,1-2H3,(H2,12,14,15,16). The number of imidazole rings is 1. The van der Waals surface area contributed by atoms with E-state index in [9.17, 15) is 0 Å². The summed E-state index contributed by atoms with van der Waals surface area (Å²) >= 11 is 0. The molecule has 0 atom stereocenters. The zero-order valence-corrected chi connectivity index (χ0v) is 9.60. The third kappa shape index (κ3) is 1.54. The van der Waals surface area contributed by atoms with Gasteiger partial charge in [-0.05, 0) is 18.2 Å². The van der Waals surface area contributed by atoms with Crippen molar-refractivity contribution in [3.05, 3.63) is 24.4 Å². The lowest BCUT2D eigenvalue weighted by atomic mass is 10.4. The van der Waals surface area contributed by atoms with Gasteiger partial charge in [-0.15, -0.1) is 0 Å². The lowest BCUT2D eigenvalue weighted by Crippen LogP contribution is -1.94. The average Bonchev–Trinajstić information content (AvgIpc) is 2.93. The topological polar surface area (TPSA) is 71.4 Å². The summed E-state index contributed by atoms with van der Waals surface area (Å²) in [6, 6.07) is 5.78. The Hall–Kier alpha value is -2.37. The fourth-order valence-electron chi connectivity index (χ4n) is 1.76. The van der Waals surface area contributed by atoms with Crippen molar-refractivity contribution < 1.29 is 0 Å². The maximum Gasteiger partial charge on any atom is 0.180 e. The van der Waals surface area contributed by atoms with Gasteiger partial charge in [0.2, 0.25) is 0 Å². The molecule has 6 heteroatoms. The van der Waals surface area contributed by atoms with Crippen molar-refractivity contribution in [1.29, 1.82) is 0 Å². The van der Waals surface area contributed by atoms with Gasteiger partial charge in [0.05, 0.1) is 5.52 Å². The molecule has 0 bridgehead atoms. The first-order chi connectivity index (χ1) is 8.28. The number of aromatic nitrogens is 5. The third-order valence-corrected chi connectivity index (χ3v) is 2.67. The largest absolute Gasteiger partial charge is 0.373 e. The molecule has 0 fully saturated rings. The van der Waals surface area contributed by atoms with Crippen LogP contribution in [0.1, 0.15) is 0 Å². The molecule has 0 amide bonds. The van der Waals surface area contributed by atoms with Gasteiger partial charge in [0.25, 0.3) is 0 Å². The van der Waals surface area contributed by atoms with Crippen molar-refractivity contribution in [2.75, 3.05) is 12.4 Å². The molecule has 17 heavy (non-hydrogen) atoms. The Balaban J connectivity index is 2.17. The number of hydrogen-bond acceptors (Lipinski definition) is 4. The zero-order chi connectivity index (χ0) is 11.8. The normalized spacial score (nSPS) is 10.9. The first kappa shape index (κ1) is 9.83. The van der Waals surface area contributed by atoms with Crippen LogP contribution in [-0.2, 0) is 7.05 Å². The van der Waals surface area contributed by atoms with E-state index in [1.54, 1.807) is 10.9 Å². The Morgan fingerprint density at radius 1 is 1.24 bits per heavy atom. The number of fused-ring (bicyclic) bond motifs is 1. The number of aryl methyl sites for hydroxylation is 1. The minimum absolute atomic E-state index is 0.702. The van der Waals surface area contributed by atoms with E-state index in [0.717, 1.165) is 22.9 Å². The van der Waals surface area contributed by atoms with Crippen LogP contribution in [0.25, 0.3) is 22.7 Å². The van der Waals surface area contributed by atoms with Crippen molar-refractivity contribution in [2.45, 2.75) is 0 Å². The number of nitrogens with zero attached hydrogens (tertiary/aromatic N) is 4. The molecule has 0 aliphatic rings. The van der Waals surface area contributed by atoms with Gasteiger partial charge in [0, 0.05) is 20.3 Å². The van der Waals surface area contributed by atoms with Crippen molar-refractivity contribution in [2.24, 2.45) is 7.05 Å². The van der Waals surface area contributed by atoms with Crippen LogP contribution in [0.2, 0.25) is 0 Å².